The Labute approximate surface area is 137 Å². The number of nitrogens with zero attached hydrogens (tertiary/aromatic N) is 1. The van der Waals surface area contributed by atoms with Crippen molar-refractivity contribution in [3.8, 4) is 0 Å². The van der Waals surface area contributed by atoms with E-state index in [1.165, 1.54) is 4.31 Å². The molecule has 1 aliphatic carbocycles. The number of ketones is 1. The number of aryl methyl sites for hydroxylation is 1. The minimum absolute atomic E-state index is 0.118. The number of carbonyl (C=O) groups excluding carboxylic acids is 1. The summed E-state index contributed by atoms with van der Waals surface area (Å²) in [6, 6.07) is 6.87. The Bertz CT molecular complexity index is 805. The number of hydrogen-bond acceptors (Lipinski definition) is 3. The third-order valence-corrected chi connectivity index (χ3v) is 6.92. The molecule has 0 spiro atoms. The van der Waals surface area contributed by atoms with Crippen LogP contribution in [0.1, 0.15) is 25.3 Å². The first-order valence-electron chi connectivity index (χ1n) is 7.74. The lowest BCUT2D eigenvalue weighted by Crippen LogP contribution is -2.32. The number of allylic oxidation sites excluding steroid dienone is 1. The molecule has 2 aliphatic rings. The molecule has 1 atom stereocenters. The molecule has 4 nitrogen and oxygen atoms in total. The molecular weight excluding hydrogens is 310 g/mol. The van der Waals surface area contributed by atoms with Crippen LogP contribution in [-0.2, 0) is 14.8 Å². The van der Waals surface area contributed by atoms with Gasteiger partial charge in [0.05, 0.1) is 4.90 Å². The Morgan fingerprint density at radius 1 is 1.22 bits per heavy atom. The molecule has 1 fully saturated rings. The monoisotopic (exact) mass is 331 g/mol. The molecule has 0 aromatic heterocycles. The molecule has 1 aliphatic heterocycles. The van der Waals surface area contributed by atoms with E-state index in [4.69, 9.17) is 0 Å². The molecule has 0 bridgehead atoms. The molecule has 0 saturated carbocycles. The van der Waals surface area contributed by atoms with Gasteiger partial charge in [0.25, 0.3) is 0 Å². The maximum Gasteiger partial charge on any atom is 0.243 e. The van der Waals surface area contributed by atoms with Crippen molar-refractivity contribution in [1.29, 1.82) is 0 Å². The summed E-state index contributed by atoms with van der Waals surface area (Å²) in [5.74, 6) is 0.118. The van der Waals surface area contributed by atoms with Gasteiger partial charge < -0.3 is 0 Å². The van der Waals surface area contributed by atoms with Crippen LogP contribution in [-0.4, -0.2) is 31.6 Å². The number of benzene rings is 1. The van der Waals surface area contributed by atoms with E-state index in [2.05, 4.69) is 6.58 Å². The van der Waals surface area contributed by atoms with E-state index < -0.39 is 15.4 Å². The van der Waals surface area contributed by atoms with Gasteiger partial charge in [0.2, 0.25) is 10.0 Å². The van der Waals surface area contributed by atoms with Gasteiger partial charge in [-0.15, -0.1) is 6.58 Å². The van der Waals surface area contributed by atoms with Crippen LogP contribution in [0.25, 0.3) is 0 Å². The van der Waals surface area contributed by atoms with Crippen molar-refractivity contribution in [2.75, 3.05) is 13.1 Å². The molecule has 1 saturated heterocycles. The summed E-state index contributed by atoms with van der Waals surface area (Å²) < 4.78 is 27.3. The van der Waals surface area contributed by atoms with E-state index >= 15 is 0 Å². The zero-order valence-electron chi connectivity index (χ0n) is 13.5. The topological polar surface area (TPSA) is 54.5 Å². The van der Waals surface area contributed by atoms with Gasteiger partial charge in [-0.1, -0.05) is 23.8 Å². The van der Waals surface area contributed by atoms with E-state index in [0.717, 1.165) is 11.1 Å². The van der Waals surface area contributed by atoms with Gasteiger partial charge in [-0.2, -0.15) is 4.31 Å². The van der Waals surface area contributed by atoms with E-state index in [1.54, 1.807) is 31.2 Å². The second-order valence-corrected chi connectivity index (χ2v) is 8.41. The number of fused-ring (bicyclic) bond motifs is 1. The standard InChI is InChI=1S/C18H21NO3S/c1-4-18-10-9-17(20)14(3)16(18)11-19(12-18)23(21,22)15-7-5-13(2)6-8-15/h4-8H,1,9-12H2,2-3H3. The number of carbonyl (C=O) groups is 1. The van der Waals surface area contributed by atoms with Gasteiger partial charge in [-0.3, -0.25) is 4.79 Å². The summed E-state index contributed by atoms with van der Waals surface area (Å²) in [4.78, 5) is 12.3. The van der Waals surface area contributed by atoms with Crippen LogP contribution < -0.4 is 0 Å². The molecule has 23 heavy (non-hydrogen) atoms. The molecule has 1 aromatic rings. The second-order valence-electron chi connectivity index (χ2n) is 6.47. The van der Waals surface area contributed by atoms with Crippen molar-refractivity contribution in [3.63, 3.8) is 0 Å². The van der Waals surface area contributed by atoms with Crippen molar-refractivity contribution in [2.45, 2.75) is 31.6 Å². The first kappa shape index (κ1) is 16.1. The molecule has 0 N–H and O–H groups in total. The average molecular weight is 331 g/mol. The normalized spacial score (nSPS) is 25.6. The first-order valence-corrected chi connectivity index (χ1v) is 9.18. The van der Waals surface area contributed by atoms with E-state index in [-0.39, 0.29) is 12.3 Å². The zero-order valence-corrected chi connectivity index (χ0v) is 14.3. The predicted molar refractivity (Wildman–Crippen MR) is 89.5 cm³/mol. The molecule has 1 unspecified atom stereocenters. The average Bonchev–Trinajstić information content (AvgIpc) is 2.93. The molecule has 122 valence electrons. The fourth-order valence-electron chi connectivity index (χ4n) is 3.53. The minimum atomic E-state index is -3.56. The second kappa shape index (κ2) is 5.42. The van der Waals surface area contributed by atoms with Crippen LogP contribution in [0.4, 0.5) is 0 Å². The highest BCUT2D eigenvalue weighted by atomic mass is 32.2. The SMILES string of the molecule is C=CC12CCC(=O)C(C)=C1CN(S(=O)(=O)c1ccc(C)cc1)C2. The molecule has 0 amide bonds. The Kier molecular flexibility index (Phi) is 3.81. The molecule has 3 rings (SSSR count). The minimum Gasteiger partial charge on any atom is -0.295 e. The van der Waals surface area contributed by atoms with Crippen LogP contribution in [0.3, 0.4) is 0 Å². The summed E-state index contributed by atoms with van der Waals surface area (Å²) in [6.45, 7) is 8.28. The zero-order chi connectivity index (χ0) is 16.8. The van der Waals surface area contributed by atoms with Crippen LogP contribution in [0.2, 0.25) is 0 Å². The van der Waals surface area contributed by atoms with Crippen molar-refractivity contribution in [3.05, 3.63) is 53.6 Å². The highest BCUT2D eigenvalue weighted by molar-refractivity contribution is 7.89. The Hall–Kier alpha value is -1.72. The summed E-state index contributed by atoms with van der Waals surface area (Å²) in [7, 11) is -3.56. The molecular formula is C18H21NO3S. The van der Waals surface area contributed by atoms with E-state index in [0.29, 0.717) is 29.9 Å². The van der Waals surface area contributed by atoms with Crippen molar-refractivity contribution in [2.24, 2.45) is 5.41 Å². The van der Waals surface area contributed by atoms with Crippen LogP contribution in [0, 0.1) is 12.3 Å². The quantitative estimate of drug-likeness (QED) is 0.800. The highest BCUT2D eigenvalue weighted by Gasteiger charge is 2.48. The fourth-order valence-corrected chi connectivity index (χ4v) is 5.01. The summed E-state index contributed by atoms with van der Waals surface area (Å²) >= 11 is 0. The Morgan fingerprint density at radius 3 is 2.48 bits per heavy atom. The maximum atomic E-state index is 12.9. The van der Waals surface area contributed by atoms with Gasteiger partial charge in [-0.25, -0.2) is 8.42 Å². The van der Waals surface area contributed by atoms with E-state index in [1.807, 2.05) is 13.0 Å². The van der Waals surface area contributed by atoms with Gasteiger partial charge in [0.1, 0.15) is 0 Å². The van der Waals surface area contributed by atoms with Gasteiger partial charge in [0.15, 0.2) is 5.78 Å². The first-order chi connectivity index (χ1) is 10.8. The fraction of sp³-hybridized carbons (Fsp3) is 0.389. The van der Waals surface area contributed by atoms with Crippen molar-refractivity contribution < 1.29 is 13.2 Å². The molecule has 1 aromatic carbocycles. The Balaban J connectivity index is 2.02. The molecule has 0 radical (unpaired) electrons. The van der Waals surface area contributed by atoms with Gasteiger partial charge in [0, 0.05) is 24.9 Å². The number of rotatable bonds is 3. The predicted octanol–water partition coefficient (Wildman–Crippen LogP) is 2.85. The number of hydrogen-bond donors (Lipinski definition) is 0. The van der Waals surface area contributed by atoms with E-state index in [9.17, 15) is 13.2 Å². The smallest absolute Gasteiger partial charge is 0.243 e. The molecule has 5 heteroatoms. The van der Waals surface area contributed by atoms with Crippen LogP contribution in [0.5, 0.6) is 0 Å². The lowest BCUT2D eigenvalue weighted by Gasteiger charge is -2.31. The summed E-state index contributed by atoms with van der Waals surface area (Å²) in [5, 5.41) is 0. The third kappa shape index (κ3) is 2.48. The highest BCUT2D eigenvalue weighted by Crippen LogP contribution is 2.47. The van der Waals surface area contributed by atoms with Crippen LogP contribution >= 0.6 is 0 Å². The van der Waals surface area contributed by atoms with Gasteiger partial charge >= 0.3 is 0 Å². The van der Waals surface area contributed by atoms with Crippen molar-refractivity contribution >= 4 is 15.8 Å². The van der Waals surface area contributed by atoms with Crippen LogP contribution in [0.15, 0.2) is 53.0 Å². The largest absolute Gasteiger partial charge is 0.295 e. The molecule has 1 heterocycles. The van der Waals surface area contributed by atoms with Gasteiger partial charge in [-0.05, 0) is 43.5 Å². The number of sulfonamides is 1. The number of Topliss-reactive ketones (excluding diaryl/α,β-unsaturated/α-hetero) is 1. The maximum absolute atomic E-state index is 12.9. The lowest BCUT2D eigenvalue weighted by molar-refractivity contribution is -0.116. The summed E-state index contributed by atoms with van der Waals surface area (Å²) in [6.07, 6.45) is 2.92. The lowest BCUT2D eigenvalue weighted by atomic mass is 9.72. The summed E-state index contributed by atoms with van der Waals surface area (Å²) in [5.41, 5.74) is 2.25. The Morgan fingerprint density at radius 2 is 1.87 bits per heavy atom. The third-order valence-electron chi connectivity index (χ3n) is 5.11. The van der Waals surface area contributed by atoms with Crippen molar-refractivity contribution in [1.82, 2.24) is 4.31 Å².